The number of benzene rings is 1. The van der Waals surface area contributed by atoms with E-state index in [2.05, 4.69) is 29.1 Å². The lowest BCUT2D eigenvalue weighted by atomic mass is 10.0. The molecule has 8 nitrogen and oxygen atoms in total. The molecule has 9 heteroatoms. The first-order valence-corrected chi connectivity index (χ1v) is 10.4. The molecule has 2 atom stereocenters. The second-order valence-electron chi connectivity index (χ2n) is 8.84. The topological polar surface area (TPSA) is 90.8 Å². The number of aliphatic hydroxyl groups is 1. The van der Waals surface area contributed by atoms with Crippen LogP contribution in [0, 0.1) is 5.82 Å². The third kappa shape index (κ3) is 4.07. The Morgan fingerprint density at radius 1 is 1.32 bits per heavy atom. The van der Waals surface area contributed by atoms with E-state index in [4.69, 9.17) is 4.74 Å². The largest absolute Gasteiger partial charge is 0.389 e. The predicted octanol–water partition coefficient (Wildman–Crippen LogP) is 2.14. The zero-order valence-corrected chi connectivity index (χ0v) is 18.2. The molecule has 2 aromatic rings. The minimum Gasteiger partial charge on any atom is -0.389 e. The standard InChI is InChI=1S/C22H28FN5O3/c1-22(2)12-27(3)20(30)14-6-5-13(9-17(14)28(22)4)19-15(23)10-24-21(26-19)25-16-7-8-31-11-18(16)29/h5-6,9-10,16,18,29H,7-8,11-12H2,1-4H3,(H,24,25,26)/t16-,18-/m1/s1. The van der Waals surface area contributed by atoms with Gasteiger partial charge in [0.25, 0.3) is 5.91 Å². The number of carbonyl (C=O) groups is 1. The third-order valence-electron chi connectivity index (χ3n) is 6.13. The highest BCUT2D eigenvalue weighted by atomic mass is 19.1. The maximum atomic E-state index is 14.7. The van der Waals surface area contributed by atoms with Gasteiger partial charge in [-0.15, -0.1) is 0 Å². The highest BCUT2D eigenvalue weighted by Crippen LogP contribution is 2.35. The van der Waals surface area contributed by atoms with Crippen LogP contribution < -0.4 is 10.2 Å². The number of amides is 1. The lowest BCUT2D eigenvalue weighted by molar-refractivity contribution is -0.0136. The Balaban J connectivity index is 1.71. The number of likely N-dealkylation sites (N-methyl/N-ethyl adjacent to an activating group) is 2. The summed E-state index contributed by atoms with van der Waals surface area (Å²) >= 11 is 0. The molecule has 2 N–H and O–H groups in total. The van der Waals surface area contributed by atoms with Crippen LogP contribution in [0.1, 0.15) is 30.6 Å². The van der Waals surface area contributed by atoms with Crippen molar-refractivity contribution in [3.63, 3.8) is 0 Å². The minimum absolute atomic E-state index is 0.0713. The molecule has 31 heavy (non-hydrogen) atoms. The van der Waals surface area contributed by atoms with E-state index in [1.54, 1.807) is 30.1 Å². The second kappa shape index (κ2) is 8.05. The van der Waals surface area contributed by atoms with Crippen LogP contribution in [-0.2, 0) is 4.74 Å². The Kier molecular flexibility index (Phi) is 5.57. The normalized spacial score (nSPS) is 23.4. The van der Waals surface area contributed by atoms with Gasteiger partial charge in [0.05, 0.1) is 41.7 Å². The maximum Gasteiger partial charge on any atom is 0.255 e. The molecule has 0 saturated carbocycles. The van der Waals surface area contributed by atoms with Gasteiger partial charge in [0.2, 0.25) is 5.95 Å². The highest BCUT2D eigenvalue weighted by Gasteiger charge is 2.34. The van der Waals surface area contributed by atoms with E-state index in [1.165, 1.54) is 0 Å². The number of hydrogen-bond donors (Lipinski definition) is 2. The first kappa shape index (κ1) is 21.5. The van der Waals surface area contributed by atoms with Crippen molar-refractivity contribution in [3.05, 3.63) is 35.8 Å². The van der Waals surface area contributed by atoms with Gasteiger partial charge in [-0.3, -0.25) is 4.79 Å². The molecule has 2 aliphatic heterocycles. The Morgan fingerprint density at radius 2 is 2.10 bits per heavy atom. The molecule has 1 fully saturated rings. The van der Waals surface area contributed by atoms with Crippen LogP contribution in [0.5, 0.6) is 0 Å². The Morgan fingerprint density at radius 3 is 2.84 bits per heavy atom. The van der Waals surface area contributed by atoms with E-state index in [0.29, 0.717) is 30.7 Å². The SMILES string of the molecule is CN1CC(C)(C)N(C)c2cc(-c3nc(N[C@@H]4CCOC[C@H]4O)ncc3F)ccc2C1=O. The summed E-state index contributed by atoms with van der Waals surface area (Å²) in [5.74, 6) is -0.392. The molecule has 0 aliphatic carbocycles. The van der Waals surface area contributed by atoms with Gasteiger partial charge in [0.15, 0.2) is 5.82 Å². The van der Waals surface area contributed by atoms with E-state index >= 15 is 0 Å². The molecule has 1 saturated heterocycles. The van der Waals surface area contributed by atoms with Gasteiger partial charge < -0.3 is 25.0 Å². The minimum atomic E-state index is -0.683. The van der Waals surface area contributed by atoms with Gasteiger partial charge in [0, 0.05) is 32.8 Å². The molecule has 1 aromatic carbocycles. The monoisotopic (exact) mass is 429 g/mol. The average molecular weight is 429 g/mol. The number of rotatable bonds is 3. The number of fused-ring (bicyclic) bond motifs is 1. The van der Waals surface area contributed by atoms with Gasteiger partial charge in [-0.25, -0.2) is 14.4 Å². The zero-order chi connectivity index (χ0) is 22.3. The molecule has 0 spiro atoms. The number of nitrogens with one attached hydrogen (secondary N) is 1. The number of ether oxygens (including phenoxy) is 1. The quantitative estimate of drug-likeness (QED) is 0.773. The third-order valence-corrected chi connectivity index (χ3v) is 6.13. The molecule has 0 radical (unpaired) electrons. The molecule has 0 bridgehead atoms. The molecule has 4 rings (SSSR count). The summed E-state index contributed by atoms with van der Waals surface area (Å²) < 4.78 is 19.9. The van der Waals surface area contributed by atoms with Gasteiger partial charge in [-0.2, -0.15) is 0 Å². The van der Waals surface area contributed by atoms with Crippen LogP contribution in [0.15, 0.2) is 24.4 Å². The van der Waals surface area contributed by atoms with Crippen LogP contribution >= 0.6 is 0 Å². The van der Waals surface area contributed by atoms with Crippen molar-refractivity contribution >= 4 is 17.5 Å². The van der Waals surface area contributed by atoms with Crippen molar-refractivity contribution in [1.29, 1.82) is 0 Å². The summed E-state index contributed by atoms with van der Waals surface area (Å²) in [5, 5.41) is 13.2. The van der Waals surface area contributed by atoms with Crippen molar-refractivity contribution in [2.24, 2.45) is 0 Å². The molecule has 3 heterocycles. The zero-order valence-electron chi connectivity index (χ0n) is 18.2. The van der Waals surface area contributed by atoms with Crippen molar-refractivity contribution in [3.8, 4) is 11.3 Å². The molecular weight excluding hydrogens is 401 g/mol. The summed E-state index contributed by atoms with van der Waals surface area (Å²) in [7, 11) is 3.72. The summed E-state index contributed by atoms with van der Waals surface area (Å²) in [6, 6.07) is 4.96. The van der Waals surface area contributed by atoms with Gasteiger partial charge in [-0.05, 0) is 32.4 Å². The Labute approximate surface area is 181 Å². The molecule has 1 amide bonds. The first-order chi connectivity index (χ1) is 14.7. The van der Waals surface area contributed by atoms with Crippen molar-refractivity contribution in [2.75, 3.05) is 44.1 Å². The number of hydrogen-bond acceptors (Lipinski definition) is 7. The fraction of sp³-hybridized carbons (Fsp3) is 0.500. The second-order valence-corrected chi connectivity index (χ2v) is 8.84. The number of anilines is 2. The van der Waals surface area contributed by atoms with Crippen LogP contribution in [0.25, 0.3) is 11.3 Å². The fourth-order valence-corrected chi connectivity index (χ4v) is 4.12. The lowest BCUT2D eigenvalue weighted by Gasteiger charge is -2.37. The van der Waals surface area contributed by atoms with Crippen LogP contribution in [0.3, 0.4) is 0 Å². The van der Waals surface area contributed by atoms with Crippen LogP contribution in [0.2, 0.25) is 0 Å². The summed E-state index contributed by atoms with van der Waals surface area (Å²) in [6.45, 7) is 5.45. The molecular formula is C22H28FN5O3. The summed E-state index contributed by atoms with van der Waals surface area (Å²) in [5.41, 5.74) is 1.68. The van der Waals surface area contributed by atoms with Crippen molar-refractivity contribution < 1.29 is 19.0 Å². The molecule has 166 valence electrons. The Hall–Kier alpha value is -2.78. The summed E-state index contributed by atoms with van der Waals surface area (Å²) in [4.78, 5) is 25.0. The van der Waals surface area contributed by atoms with E-state index in [1.807, 2.05) is 11.9 Å². The van der Waals surface area contributed by atoms with E-state index in [0.717, 1.165) is 11.9 Å². The van der Waals surface area contributed by atoms with Crippen molar-refractivity contribution in [2.45, 2.75) is 38.0 Å². The number of aliphatic hydroxyl groups excluding tert-OH is 1. The van der Waals surface area contributed by atoms with Crippen LogP contribution in [-0.4, -0.2) is 77.4 Å². The number of carbonyl (C=O) groups excluding carboxylic acids is 1. The Bertz CT molecular complexity index is 999. The first-order valence-electron chi connectivity index (χ1n) is 10.4. The fourth-order valence-electron chi connectivity index (χ4n) is 4.12. The van der Waals surface area contributed by atoms with Gasteiger partial charge in [0.1, 0.15) is 5.69 Å². The van der Waals surface area contributed by atoms with Crippen LogP contribution in [0.4, 0.5) is 16.0 Å². The molecule has 0 unspecified atom stereocenters. The van der Waals surface area contributed by atoms with E-state index in [9.17, 15) is 14.3 Å². The smallest absolute Gasteiger partial charge is 0.255 e. The molecule has 2 aliphatic rings. The number of aromatic nitrogens is 2. The van der Waals surface area contributed by atoms with E-state index < -0.39 is 11.9 Å². The average Bonchev–Trinajstić information content (AvgIpc) is 2.80. The summed E-state index contributed by atoms with van der Waals surface area (Å²) in [6.07, 6.45) is 1.04. The maximum absolute atomic E-state index is 14.7. The number of halogens is 1. The highest BCUT2D eigenvalue weighted by molar-refractivity contribution is 6.01. The molecule has 1 aromatic heterocycles. The van der Waals surface area contributed by atoms with E-state index in [-0.39, 0.29) is 35.7 Å². The lowest BCUT2D eigenvalue weighted by Crippen LogP contribution is -2.48. The van der Waals surface area contributed by atoms with Gasteiger partial charge in [-0.1, -0.05) is 6.07 Å². The van der Waals surface area contributed by atoms with Gasteiger partial charge >= 0.3 is 0 Å². The number of nitrogens with zero attached hydrogens (tertiary/aromatic N) is 4. The van der Waals surface area contributed by atoms with Crippen molar-refractivity contribution in [1.82, 2.24) is 14.9 Å². The predicted molar refractivity (Wildman–Crippen MR) is 116 cm³/mol.